The Hall–Kier alpha value is -4.88. The van der Waals surface area contributed by atoms with Crippen molar-refractivity contribution in [1.29, 1.82) is 0 Å². The van der Waals surface area contributed by atoms with E-state index in [-0.39, 0.29) is 22.6 Å². The second-order valence-electron chi connectivity index (χ2n) is 9.00. The number of thiocarbonyl (C=S) groups is 1. The average molecular weight is 552 g/mol. The van der Waals surface area contributed by atoms with Gasteiger partial charge in [-0.2, -0.15) is 0 Å². The molecule has 0 aliphatic heterocycles. The Labute approximate surface area is 238 Å². The molecular weight excluding hydrogens is 522 g/mol. The van der Waals surface area contributed by atoms with Crippen LogP contribution in [0, 0.1) is 6.92 Å². The fourth-order valence-electron chi connectivity index (χ4n) is 3.98. The first-order valence-electron chi connectivity index (χ1n) is 12.5. The number of phenolic OH excluding ortho intramolecular Hbond substituents is 2. The molecule has 5 aromatic rings. The highest BCUT2D eigenvalue weighted by Crippen LogP contribution is 2.28. The Bertz CT molecular complexity index is 1670. The lowest BCUT2D eigenvalue weighted by Gasteiger charge is -2.20. The van der Waals surface area contributed by atoms with E-state index in [9.17, 15) is 15.0 Å². The van der Waals surface area contributed by atoms with Crippen molar-refractivity contribution in [3.63, 3.8) is 0 Å². The Balaban J connectivity index is 0.000000189. The summed E-state index contributed by atoms with van der Waals surface area (Å²) < 4.78 is 10.8. The minimum atomic E-state index is -0.437. The van der Waals surface area contributed by atoms with Crippen LogP contribution >= 0.6 is 12.2 Å². The molecule has 5 rings (SSSR count). The number of para-hydroxylation sites is 1. The van der Waals surface area contributed by atoms with Gasteiger partial charge in [-0.15, -0.1) is 0 Å². The summed E-state index contributed by atoms with van der Waals surface area (Å²) in [5.74, 6) is 0.484. The molecule has 2 N–H and O–H groups in total. The zero-order chi connectivity index (χ0) is 28.6. The van der Waals surface area contributed by atoms with Crippen LogP contribution in [0.3, 0.4) is 0 Å². The molecule has 5 aromatic carbocycles. The number of carbonyl (C=O) groups excluding carboxylic acids is 1. The molecule has 0 aliphatic carbocycles. The van der Waals surface area contributed by atoms with Gasteiger partial charge in [0, 0.05) is 18.8 Å². The highest BCUT2D eigenvalue weighted by atomic mass is 32.1. The van der Waals surface area contributed by atoms with E-state index < -0.39 is 5.78 Å². The maximum absolute atomic E-state index is 12.1. The molecule has 0 unspecified atom stereocenters. The Morgan fingerprint density at radius 3 is 2.10 bits per heavy atom. The molecule has 7 heteroatoms. The number of carbonyl (C=O) groups is 1. The molecule has 0 saturated carbocycles. The molecule has 0 bridgehead atoms. The topological polar surface area (TPSA) is 79.2 Å². The summed E-state index contributed by atoms with van der Waals surface area (Å²) >= 11 is 5.41. The summed E-state index contributed by atoms with van der Waals surface area (Å²) in [6.45, 7) is 2.06. The number of fused-ring (bicyclic) bond motifs is 1. The van der Waals surface area contributed by atoms with Gasteiger partial charge in [-0.3, -0.25) is 4.79 Å². The van der Waals surface area contributed by atoms with Crippen molar-refractivity contribution in [1.82, 2.24) is 0 Å². The predicted octanol–water partition coefficient (Wildman–Crippen LogP) is 7.29. The molecule has 40 heavy (non-hydrogen) atoms. The third-order valence-electron chi connectivity index (χ3n) is 6.19. The van der Waals surface area contributed by atoms with Gasteiger partial charge in [-0.1, -0.05) is 54.6 Å². The summed E-state index contributed by atoms with van der Waals surface area (Å²) in [5.41, 5.74) is 2.49. The lowest BCUT2D eigenvalue weighted by atomic mass is 10.0. The van der Waals surface area contributed by atoms with Gasteiger partial charge in [0.1, 0.15) is 23.0 Å². The Kier molecular flexibility index (Phi) is 8.99. The smallest absolute Gasteiger partial charge is 0.269 e. The van der Waals surface area contributed by atoms with Crippen LogP contribution in [0.5, 0.6) is 23.0 Å². The van der Waals surface area contributed by atoms with Crippen molar-refractivity contribution in [2.24, 2.45) is 0 Å². The van der Waals surface area contributed by atoms with E-state index in [1.165, 1.54) is 42.3 Å². The molecule has 0 amide bonds. The first-order valence-corrected chi connectivity index (χ1v) is 12.9. The number of anilines is 1. The van der Waals surface area contributed by atoms with Gasteiger partial charge in [0.05, 0.1) is 18.2 Å². The van der Waals surface area contributed by atoms with Crippen LogP contribution in [0.2, 0.25) is 0 Å². The van der Waals surface area contributed by atoms with Crippen molar-refractivity contribution in [2.45, 2.75) is 6.92 Å². The van der Waals surface area contributed by atoms with Crippen molar-refractivity contribution in [2.75, 3.05) is 19.1 Å². The summed E-state index contributed by atoms with van der Waals surface area (Å²) in [5, 5.41) is 22.1. The number of ether oxygens (including phenoxy) is 2. The quantitative estimate of drug-likeness (QED) is 0.175. The van der Waals surface area contributed by atoms with Crippen LogP contribution in [0.15, 0.2) is 109 Å². The van der Waals surface area contributed by atoms with Gasteiger partial charge in [0.2, 0.25) is 0 Å². The van der Waals surface area contributed by atoms with Crippen LogP contribution in [0.25, 0.3) is 10.8 Å². The van der Waals surface area contributed by atoms with E-state index in [2.05, 4.69) is 31.2 Å². The lowest BCUT2D eigenvalue weighted by Crippen LogP contribution is -2.29. The van der Waals surface area contributed by atoms with Gasteiger partial charge in [-0.05, 0) is 84.0 Å². The number of phenols is 2. The lowest BCUT2D eigenvalue weighted by molar-refractivity contribution is 0.103. The number of ketones is 1. The highest BCUT2D eigenvalue weighted by Gasteiger charge is 2.17. The number of benzene rings is 5. The highest BCUT2D eigenvalue weighted by molar-refractivity contribution is 7.80. The minimum absolute atomic E-state index is 0.113. The Morgan fingerprint density at radius 1 is 0.725 bits per heavy atom. The fourth-order valence-corrected chi connectivity index (χ4v) is 4.18. The second-order valence-corrected chi connectivity index (χ2v) is 9.35. The first kappa shape index (κ1) is 28.1. The zero-order valence-electron chi connectivity index (χ0n) is 22.4. The molecule has 0 saturated heterocycles. The van der Waals surface area contributed by atoms with E-state index in [0.717, 1.165) is 16.8 Å². The van der Waals surface area contributed by atoms with E-state index in [4.69, 9.17) is 21.7 Å². The van der Waals surface area contributed by atoms with Crippen LogP contribution < -0.4 is 14.4 Å². The number of methoxy groups -OCH3 is 1. The molecule has 202 valence electrons. The van der Waals surface area contributed by atoms with Gasteiger partial charge < -0.3 is 24.6 Å². The fraction of sp³-hybridized carbons (Fsp3) is 0.0909. The van der Waals surface area contributed by atoms with Crippen LogP contribution in [0.4, 0.5) is 5.69 Å². The summed E-state index contributed by atoms with van der Waals surface area (Å²) in [4.78, 5) is 14.0. The number of rotatable bonds is 5. The van der Waals surface area contributed by atoms with Gasteiger partial charge in [-0.25, -0.2) is 0 Å². The molecule has 0 aromatic heterocycles. The first-order chi connectivity index (χ1) is 19.3. The third-order valence-corrected chi connectivity index (χ3v) is 6.54. The van der Waals surface area contributed by atoms with Crippen molar-refractivity contribution in [3.05, 3.63) is 126 Å². The summed E-state index contributed by atoms with van der Waals surface area (Å²) in [6.07, 6.45) is 0. The third kappa shape index (κ3) is 6.76. The molecule has 0 fully saturated rings. The SMILES string of the molecule is COc1ccc(C(=O)c2ccccc2O)c(O)c1.Cc1cccc(N(C)C(=S)Oc2ccc3ccccc3c2)c1. The number of hydrogen-bond acceptors (Lipinski definition) is 6. The van der Waals surface area contributed by atoms with Gasteiger partial charge >= 0.3 is 0 Å². The molecule has 6 nitrogen and oxygen atoms in total. The van der Waals surface area contributed by atoms with Gasteiger partial charge in [0.15, 0.2) is 5.78 Å². The van der Waals surface area contributed by atoms with Crippen molar-refractivity contribution in [3.8, 4) is 23.0 Å². The maximum atomic E-state index is 12.1. The molecule has 0 aliphatic rings. The Morgan fingerprint density at radius 2 is 1.40 bits per heavy atom. The summed E-state index contributed by atoms with van der Waals surface area (Å²) in [6, 6.07) is 32.9. The number of aromatic hydroxyl groups is 2. The van der Waals surface area contributed by atoms with E-state index in [1.54, 1.807) is 18.2 Å². The monoisotopic (exact) mass is 551 g/mol. The minimum Gasteiger partial charge on any atom is -0.507 e. The summed E-state index contributed by atoms with van der Waals surface area (Å²) in [7, 11) is 3.39. The van der Waals surface area contributed by atoms with Gasteiger partial charge in [0.25, 0.3) is 5.17 Å². The average Bonchev–Trinajstić information content (AvgIpc) is 2.97. The molecule has 0 heterocycles. The van der Waals surface area contributed by atoms with Crippen LogP contribution in [0.1, 0.15) is 21.5 Å². The van der Waals surface area contributed by atoms with E-state index in [0.29, 0.717) is 10.9 Å². The maximum Gasteiger partial charge on any atom is 0.269 e. The van der Waals surface area contributed by atoms with Crippen molar-refractivity contribution >= 4 is 39.6 Å². The second kappa shape index (κ2) is 12.8. The number of nitrogens with zero attached hydrogens (tertiary/aromatic N) is 1. The molecule has 0 atom stereocenters. The van der Waals surface area contributed by atoms with Crippen LogP contribution in [-0.4, -0.2) is 35.3 Å². The standard InChI is InChI=1S/C19H17NOS.C14H12O4/c1-14-6-5-9-17(12-14)20(2)19(22)21-18-11-10-15-7-3-4-8-16(15)13-18;1-18-9-6-7-11(13(16)8-9)14(17)10-4-2-3-5-12(10)15/h3-13H,1-2H3;2-8,15-16H,1H3. The van der Waals surface area contributed by atoms with Crippen molar-refractivity contribution < 1.29 is 24.5 Å². The van der Waals surface area contributed by atoms with E-state index >= 15 is 0 Å². The normalized spacial score (nSPS) is 10.3. The number of hydrogen-bond donors (Lipinski definition) is 2. The van der Waals surface area contributed by atoms with Crippen LogP contribution in [-0.2, 0) is 0 Å². The predicted molar refractivity (Wildman–Crippen MR) is 163 cm³/mol. The largest absolute Gasteiger partial charge is 0.507 e. The molecule has 0 spiro atoms. The number of aryl methyl sites for hydroxylation is 1. The molecule has 0 radical (unpaired) electrons. The molecular formula is C33H29NO5S. The van der Waals surface area contributed by atoms with E-state index in [1.807, 2.05) is 54.4 Å². The zero-order valence-corrected chi connectivity index (χ0v) is 23.2.